The van der Waals surface area contributed by atoms with Gasteiger partial charge in [-0.05, 0) is 12.1 Å². The van der Waals surface area contributed by atoms with Gasteiger partial charge in [-0.2, -0.15) is 0 Å². The normalized spacial score (nSPS) is 10.4. The number of anilines is 1. The highest BCUT2D eigenvalue weighted by Crippen LogP contribution is 2.23. The predicted octanol–water partition coefficient (Wildman–Crippen LogP) is 1.96. The van der Waals surface area contributed by atoms with Crippen LogP contribution in [-0.2, 0) is 11.3 Å². The molecule has 1 heterocycles. The first-order chi connectivity index (χ1) is 8.56. The van der Waals surface area contributed by atoms with Gasteiger partial charge in [-0.15, -0.1) is 5.10 Å². The van der Waals surface area contributed by atoms with Gasteiger partial charge in [-0.25, -0.2) is 13.5 Å². The molecule has 0 unspecified atom stereocenters. The van der Waals surface area contributed by atoms with Gasteiger partial charge in [0.05, 0.1) is 6.20 Å². The van der Waals surface area contributed by atoms with E-state index < -0.39 is 23.2 Å². The van der Waals surface area contributed by atoms with Crippen LogP contribution in [0.15, 0.2) is 29.0 Å². The number of nitrogens with zero attached hydrogens (tertiary/aromatic N) is 3. The van der Waals surface area contributed by atoms with Gasteiger partial charge in [-0.1, -0.05) is 21.1 Å². The van der Waals surface area contributed by atoms with Crippen LogP contribution in [0.4, 0.5) is 14.5 Å². The third kappa shape index (κ3) is 2.89. The number of benzene rings is 1. The average Bonchev–Trinajstić information content (AvgIpc) is 2.76. The minimum Gasteiger partial charge on any atom is -0.320 e. The van der Waals surface area contributed by atoms with Crippen molar-refractivity contribution in [1.29, 1.82) is 0 Å². The standard InChI is InChI=1S/C10H7BrF2N4O/c11-6-3-7(12)10(8(13)4-6)15-9(18)5-17-2-1-14-16-17/h1-4H,5H2,(H,15,18). The largest absolute Gasteiger partial charge is 0.320 e. The number of hydrogen-bond donors (Lipinski definition) is 1. The Morgan fingerprint density at radius 2 is 2.06 bits per heavy atom. The van der Waals surface area contributed by atoms with Crippen molar-refractivity contribution in [2.75, 3.05) is 5.32 Å². The molecule has 2 aromatic rings. The van der Waals surface area contributed by atoms with Crippen LogP contribution in [0.2, 0.25) is 0 Å². The van der Waals surface area contributed by atoms with Gasteiger partial charge < -0.3 is 5.32 Å². The first-order valence-electron chi connectivity index (χ1n) is 4.85. The van der Waals surface area contributed by atoms with E-state index in [1.165, 1.54) is 17.1 Å². The third-order valence-electron chi connectivity index (χ3n) is 2.05. The zero-order valence-electron chi connectivity index (χ0n) is 8.90. The molecular formula is C10H7BrF2N4O. The van der Waals surface area contributed by atoms with Gasteiger partial charge in [0.1, 0.15) is 12.2 Å². The lowest BCUT2D eigenvalue weighted by atomic mass is 10.3. The second-order valence-electron chi connectivity index (χ2n) is 3.39. The quantitative estimate of drug-likeness (QED) is 0.941. The van der Waals surface area contributed by atoms with E-state index in [0.29, 0.717) is 0 Å². The first-order valence-corrected chi connectivity index (χ1v) is 5.64. The van der Waals surface area contributed by atoms with Gasteiger partial charge in [0.25, 0.3) is 0 Å². The lowest BCUT2D eigenvalue weighted by molar-refractivity contribution is -0.117. The molecule has 1 amide bonds. The Hall–Kier alpha value is -1.83. The van der Waals surface area contributed by atoms with E-state index in [-0.39, 0.29) is 11.0 Å². The molecular weight excluding hydrogens is 310 g/mol. The minimum absolute atomic E-state index is 0.172. The van der Waals surface area contributed by atoms with E-state index in [1.54, 1.807) is 0 Å². The Kier molecular flexibility index (Phi) is 3.66. The maximum atomic E-state index is 13.4. The molecule has 0 aliphatic carbocycles. The number of nitrogens with one attached hydrogen (secondary N) is 1. The number of carbonyl (C=O) groups is 1. The Bertz CT molecular complexity index is 550. The van der Waals surface area contributed by atoms with E-state index in [2.05, 4.69) is 31.6 Å². The monoisotopic (exact) mass is 316 g/mol. The van der Waals surface area contributed by atoms with Crippen molar-refractivity contribution >= 4 is 27.5 Å². The molecule has 0 saturated carbocycles. The number of rotatable bonds is 3. The summed E-state index contributed by atoms with van der Waals surface area (Å²) in [7, 11) is 0. The lowest BCUT2D eigenvalue weighted by Crippen LogP contribution is -2.20. The average molecular weight is 317 g/mol. The smallest absolute Gasteiger partial charge is 0.246 e. The van der Waals surface area contributed by atoms with Gasteiger partial charge in [0.2, 0.25) is 5.91 Å². The molecule has 0 aliphatic rings. The minimum atomic E-state index is -0.853. The van der Waals surface area contributed by atoms with E-state index in [0.717, 1.165) is 12.1 Å². The van der Waals surface area contributed by atoms with Crippen molar-refractivity contribution in [3.63, 3.8) is 0 Å². The molecule has 8 heteroatoms. The van der Waals surface area contributed by atoms with Gasteiger partial charge in [0.15, 0.2) is 11.6 Å². The molecule has 5 nitrogen and oxygen atoms in total. The van der Waals surface area contributed by atoms with Crippen LogP contribution in [-0.4, -0.2) is 20.9 Å². The summed E-state index contributed by atoms with van der Waals surface area (Å²) < 4.78 is 28.4. The summed E-state index contributed by atoms with van der Waals surface area (Å²) in [5, 5.41) is 9.22. The van der Waals surface area contributed by atoms with Gasteiger partial charge in [0, 0.05) is 10.7 Å². The van der Waals surface area contributed by atoms with Crippen molar-refractivity contribution < 1.29 is 13.6 Å². The highest BCUT2D eigenvalue weighted by Gasteiger charge is 2.13. The highest BCUT2D eigenvalue weighted by molar-refractivity contribution is 9.10. The summed E-state index contributed by atoms with van der Waals surface area (Å²) in [6, 6.07) is 2.13. The first kappa shape index (κ1) is 12.6. The number of amides is 1. The van der Waals surface area contributed by atoms with Crippen molar-refractivity contribution in [2.45, 2.75) is 6.54 Å². The van der Waals surface area contributed by atoms with Crippen LogP contribution < -0.4 is 5.32 Å². The maximum absolute atomic E-state index is 13.4. The molecule has 0 atom stereocenters. The summed E-state index contributed by atoms with van der Waals surface area (Å²) >= 11 is 2.95. The third-order valence-corrected chi connectivity index (χ3v) is 2.51. The molecule has 1 aromatic carbocycles. The second kappa shape index (κ2) is 5.21. The Morgan fingerprint density at radius 1 is 1.39 bits per heavy atom. The van der Waals surface area contributed by atoms with Crippen LogP contribution in [0, 0.1) is 11.6 Å². The number of carbonyl (C=O) groups excluding carboxylic acids is 1. The Balaban J connectivity index is 2.12. The number of halogens is 3. The fourth-order valence-electron chi connectivity index (χ4n) is 1.30. The topological polar surface area (TPSA) is 59.8 Å². The van der Waals surface area contributed by atoms with E-state index in [1.807, 2.05) is 0 Å². The summed E-state index contributed by atoms with van der Waals surface area (Å²) in [5.41, 5.74) is -0.483. The molecule has 0 fully saturated rings. The molecule has 1 aromatic heterocycles. The van der Waals surface area contributed by atoms with Crippen molar-refractivity contribution in [3.05, 3.63) is 40.6 Å². The van der Waals surface area contributed by atoms with Crippen molar-refractivity contribution in [3.8, 4) is 0 Å². The van der Waals surface area contributed by atoms with E-state index in [9.17, 15) is 13.6 Å². The summed E-state index contributed by atoms with van der Waals surface area (Å²) in [6.07, 6.45) is 2.86. The number of aromatic nitrogens is 3. The summed E-state index contributed by atoms with van der Waals surface area (Å²) in [5.74, 6) is -2.30. The van der Waals surface area contributed by atoms with Crippen LogP contribution in [0.25, 0.3) is 0 Å². The van der Waals surface area contributed by atoms with Crippen molar-refractivity contribution in [1.82, 2.24) is 15.0 Å². The van der Waals surface area contributed by atoms with Gasteiger partial charge in [-0.3, -0.25) is 4.79 Å². The number of hydrogen-bond acceptors (Lipinski definition) is 3. The predicted molar refractivity (Wildman–Crippen MR) is 62.7 cm³/mol. The molecule has 0 radical (unpaired) electrons. The molecule has 0 saturated heterocycles. The van der Waals surface area contributed by atoms with E-state index >= 15 is 0 Å². The van der Waals surface area contributed by atoms with Crippen LogP contribution >= 0.6 is 15.9 Å². The van der Waals surface area contributed by atoms with E-state index in [4.69, 9.17) is 0 Å². The molecule has 0 spiro atoms. The Labute approximate surface area is 109 Å². The zero-order valence-corrected chi connectivity index (χ0v) is 10.5. The van der Waals surface area contributed by atoms with Crippen molar-refractivity contribution in [2.24, 2.45) is 0 Å². The van der Waals surface area contributed by atoms with Crippen LogP contribution in [0.1, 0.15) is 0 Å². The second-order valence-corrected chi connectivity index (χ2v) is 4.31. The molecule has 2 rings (SSSR count). The summed E-state index contributed by atoms with van der Waals surface area (Å²) in [4.78, 5) is 11.5. The fourth-order valence-corrected chi connectivity index (χ4v) is 1.71. The molecule has 94 valence electrons. The van der Waals surface area contributed by atoms with Crippen LogP contribution in [0.3, 0.4) is 0 Å². The SMILES string of the molecule is O=C(Cn1ccnn1)Nc1c(F)cc(Br)cc1F. The lowest BCUT2D eigenvalue weighted by Gasteiger charge is -2.07. The molecule has 0 aliphatic heterocycles. The highest BCUT2D eigenvalue weighted by atomic mass is 79.9. The van der Waals surface area contributed by atoms with Gasteiger partial charge >= 0.3 is 0 Å². The fraction of sp³-hybridized carbons (Fsp3) is 0.100. The Morgan fingerprint density at radius 3 is 2.61 bits per heavy atom. The molecule has 1 N–H and O–H groups in total. The maximum Gasteiger partial charge on any atom is 0.246 e. The molecule has 18 heavy (non-hydrogen) atoms. The van der Waals surface area contributed by atoms with Crippen LogP contribution in [0.5, 0.6) is 0 Å². The zero-order chi connectivity index (χ0) is 13.1. The summed E-state index contributed by atoms with van der Waals surface area (Å²) in [6.45, 7) is -0.172. The molecule has 0 bridgehead atoms.